The maximum atomic E-state index is 10.7. The Morgan fingerprint density at radius 2 is 2.33 bits per heavy atom. The number of hydrogen-bond acceptors (Lipinski definition) is 2. The highest BCUT2D eigenvalue weighted by molar-refractivity contribution is 5.81. The molecular formula is C10H16O2. The third-order valence-corrected chi connectivity index (χ3v) is 1.70. The number of rotatable bonds is 5. The minimum absolute atomic E-state index is 0.294. The van der Waals surface area contributed by atoms with Crippen molar-refractivity contribution in [2.45, 2.75) is 19.8 Å². The van der Waals surface area contributed by atoms with Crippen LogP contribution in [-0.4, -0.2) is 13.1 Å². The van der Waals surface area contributed by atoms with E-state index < -0.39 is 0 Å². The molecule has 0 saturated carbocycles. The lowest BCUT2D eigenvalue weighted by molar-refractivity contribution is -0.134. The zero-order valence-corrected chi connectivity index (χ0v) is 7.75. The lowest BCUT2D eigenvalue weighted by atomic mass is 10.0. The fourth-order valence-corrected chi connectivity index (χ4v) is 0.878. The second-order valence-electron chi connectivity index (χ2n) is 2.57. The summed E-state index contributed by atoms with van der Waals surface area (Å²) in [6.07, 6.45) is 7.12. The number of carbonyl (C=O) groups is 1. The molecule has 0 N–H and O–H groups in total. The third kappa shape index (κ3) is 4.72. The molecule has 0 radical (unpaired) electrons. The maximum absolute atomic E-state index is 10.7. The van der Waals surface area contributed by atoms with E-state index >= 15 is 0 Å². The Labute approximate surface area is 73.9 Å². The molecule has 0 spiro atoms. The van der Waals surface area contributed by atoms with E-state index in [9.17, 15) is 4.79 Å². The van der Waals surface area contributed by atoms with Gasteiger partial charge in [-0.1, -0.05) is 19.1 Å². The van der Waals surface area contributed by atoms with E-state index in [1.54, 1.807) is 0 Å². The zero-order valence-electron chi connectivity index (χ0n) is 7.75. The van der Waals surface area contributed by atoms with Crippen LogP contribution in [0, 0.1) is 5.92 Å². The van der Waals surface area contributed by atoms with Gasteiger partial charge in [0, 0.05) is 6.08 Å². The standard InChI is InChI=1S/C10H16O2/c1-4-6-9(5-2)7-8-10(11)12-3/h4,7-9H,1,5-6H2,2-3H3/b8-7+. The zero-order chi connectivity index (χ0) is 9.40. The normalized spacial score (nSPS) is 12.8. The summed E-state index contributed by atoms with van der Waals surface area (Å²) in [5, 5.41) is 0. The third-order valence-electron chi connectivity index (χ3n) is 1.70. The van der Waals surface area contributed by atoms with E-state index in [4.69, 9.17) is 0 Å². The molecule has 0 aliphatic rings. The smallest absolute Gasteiger partial charge is 0.330 e. The topological polar surface area (TPSA) is 26.3 Å². The van der Waals surface area contributed by atoms with E-state index in [0.717, 1.165) is 12.8 Å². The fourth-order valence-electron chi connectivity index (χ4n) is 0.878. The van der Waals surface area contributed by atoms with Gasteiger partial charge in [-0.05, 0) is 18.8 Å². The first-order valence-electron chi connectivity index (χ1n) is 4.11. The quantitative estimate of drug-likeness (QED) is 0.358. The molecule has 0 fully saturated rings. The second-order valence-corrected chi connectivity index (χ2v) is 2.57. The van der Waals surface area contributed by atoms with E-state index in [2.05, 4.69) is 18.2 Å². The molecule has 12 heavy (non-hydrogen) atoms. The lowest BCUT2D eigenvalue weighted by Gasteiger charge is -2.04. The van der Waals surface area contributed by atoms with Gasteiger partial charge in [0.1, 0.15) is 0 Å². The Morgan fingerprint density at radius 1 is 1.67 bits per heavy atom. The van der Waals surface area contributed by atoms with Crippen LogP contribution in [0.3, 0.4) is 0 Å². The summed E-state index contributed by atoms with van der Waals surface area (Å²) in [7, 11) is 1.38. The Balaban J connectivity index is 3.90. The number of esters is 1. The van der Waals surface area contributed by atoms with Gasteiger partial charge in [-0.25, -0.2) is 4.79 Å². The molecule has 0 amide bonds. The van der Waals surface area contributed by atoms with Crippen molar-refractivity contribution in [1.29, 1.82) is 0 Å². The molecule has 0 rings (SSSR count). The molecule has 68 valence electrons. The van der Waals surface area contributed by atoms with Crippen LogP contribution in [0.15, 0.2) is 24.8 Å². The molecule has 0 aliphatic carbocycles. The number of allylic oxidation sites excluding steroid dienone is 2. The van der Waals surface area contributed by atoms with Gasteiger partial charge in [-0.15, -0.1) is 6.58 Å². The summed E-state index contributed by atoms with van der Waals surface area (Å²) in [6, 6.07) is 0. The Kier molecular flexibility index (Phi) is 6.07. The van der Waals surface area contributed by atoms with Gasteiger partial charge in [-0.3, -0.25) is 0 Å². The second kappa shape index (κ2) is 6.65. The Morgan fingerprint density at radius 3 is 2.75 bits per heavy atom. The van der Waals surface area contributed by atoms with Crippen molar-refractivity contribution in [3.63, 3.8) is 0 Å². The number of ether oxygens (including phenoxy) is 1. The van der Waals surface area contributed by atoms with Crippen LogP contribution >= 0.6 is 0 Å². The van der Waals surface area contributed by atoms with Gasteiger partial charge in [0.15, 0.2) is 0 Å². The monoisotopic (exact) mass is 168 g/mol. The van der Waals surface area contributed by atoms with Crippen molar-refractivity contribution in [2.75, 3.05) is 7.11 Å². The first-order valence-corrected chi connectivity index (χ1v) is 4.11. The summed E-state index contributed by atoms with van der Waals surface area (Å²) in [4.78, 5) is 10.7. The number of methoxy groups -OCH3 is 1. The highest BCUT2D eigenvalue weighted by Gasteiger charge is 1.99. The summed E-state index contributed by atoms with van der Waals surface area (Å²) in [5.74, 6) is 0.110. The average Bonchev–Trinajstić information content (AvgIpc) is 2.11. The molecule has 0 aromatic rings. The Hall–Kier alpha value is -1.05. The van der Waals surface area contributed by atoms with Gasteiger partial charge in [0.2, 0.25) is 0 Å². The van der Waals surface area contributed by atoms with Crippen molar-refractivity contribution >= 4 is 5.97 Å². The number of hydrogen-bond donors (Lipinski definition) is 0. The minimum Gasteiger partial charge on any atom is -0.466 e. The Bertz CT molecular complexity index is 171. The first-order chi connectivity index (χ1) is 5.74. The number of carbonyl (C=O) groups excluding carboxylic acids is 1. The molecule has 0 aromatic heterocycles. The highest BCUT2D eigenvalue weighted by atomic mass is 16.5. The summed E-state index contributed by atoms with van der Waals surface area (Å²) in [5.41, 5.74) is 0. The average molecular weight is 168 g/mol. The molecular weight excluding hydrogens is 152 g/mol. The molecule has 0 bridgehead atoms. The summed E-state index contributed by atoms with van der Waals surface area (Å²) < 4.78 is 4.47. The van der Waals surface area contributed by atoms with Crippen LogP contribution in [0.25, 0.3) is 0 Å². The fraction of sp³-hybridized carbons (Fsp3) is 0.500. The van der Waals surface area contributed by atoms with Crippen molar-refractivity contribution in [1.82, 2.24) is 0 Å². The molecule has 0 aliphatic heterocycles. The van der Waals surface area contributed by atoms with Crippen molar-refractivity contribution < 1.29 is 9.53 Å². The molecule has 2 nitrogen and oxygen atoms in total. The highest BCUT2D eigenvalue weighted by Crippen LogP contribution is 2.09. The first kappa shape index (κ1) is 11.0. The van der Waals surface area contributed by atoms with E-state index in [1.807, 2.05) is 12.2 Å². The van der Waals surface area contributed by atoms with Crippen LogP contribution in [0.2, 0.25) is 0 Å². The minimum atomic E-state index is -0.294. The van der Waals surface area contributed by atoms with Crippen molar-refractivity contribution in [2.24, 2.45) is 5.92 Å². The van der Waals surface area contributed by atoms with Gasteiger partial charge >= 0.3 is 5.97 Å². The molecule has 0 heterocycles. The van der Waals surface area contributed by atoms with Crippen molar-refractivity contribution in [3.8, 4) is 0 Å². The molecule has 1 unspecified atom stereocenters. The molecule has 1 atom stereocenters. The summed E-state index contributed by atoms with van der Waals surface area (Å²) in [6.45, 7) is 5.72. The SMILES string of the molecule is C=CCC(/C=C/C(=O)OC)CC. The molecule has 2 heteroatoms. The van der Waals surface area contributed by atoms with Gasteiger partial charge < -0.3 is 4.74 Å². The van der Waals surface area contributed by atoms with Crippen LogP contribution < -0.4 is 0 Å². The predicted octanol–water partition coefficient (Wildman–Crippen LogP) is 2.32. The van der Waals surface area contributed by atoms with Crippen LogP contribution in [0.1, 0.15) is 19.8 Å². The predicted molar refractivity (Wildman–Crippen MR) is 49.8 cm³/mol. The van der Waals surface area contributed by atoms with E-state index in [-0.39, 0.29) is 5.97 Å². The molecule has 0 saturated heterocycles. The van der Waals surface area contributed by atoms with Crippen LogP contribution in [0.4, 0.5) is 0 Å². The van der Waals surface area contributed by atoms with E-state index in [1.165, 1.54) is 13.2 Å². The maximum Gasteiger partial charge on any atom is 0.330 e. The van der Waals surface area contributed by atoms with E-state index in [0.29, 0.717) is 5.92 Å². The lowest BCUT2D eigenvalue weighted by Crippen LogP contribution is -1.97. The van der Waals surface area contributed by atoms with Gasteiger partial charge in [0.25, 0.3) is 0 Å². The van der Waals surface area contributed by atoms with Gasteiger partial charge in [0.05, 0.1) is 7.11 Å². The van der Waals surface area contributed by atoms with Crippen molar-refractivity contribution in [3.05, 3.63) is 24.8 Å². The van der Waals surface area contributed by atoms with Crippen LogP contribution in [-0.2, 0) is 9.53 Å². The van der Waals surface area contributed by atoms with Gasteiger partial charge in [-0.2, -0.15) is 0 Å². The van der Waals surface area contributed by atoms with Crippen LogP contribution in [0.5, 0.6) is 0 Å². The molecule has 0 aromatic carbocycles. The largest absolute Gasteiger partial charge is 0.466 e. The summed E-state index contributed by atoms with van der Waals surface area (Å²) >= 11 is 0.